The fourth-order valence-electron chi connectivity index (χ4n) is 4.93. The van der Waals surface area contributed by atoms with E-state index < -0.39 is 40.0 Å². The Kier molecular flexibility index (Phi) is 11.8. The maximum atomic E-state index is 14.7. The highest BCUT2D eigenvalue weighted by molar-refractivity contribution is 7.92. The molecular weight excluding hydrogens is 681 g/mol. The highest BCUT2D eigenvalue weighted by atomic mass is 35.5. The number of ether oxygens (including phenoxy) is 1. The van der Waals surface area contributed by atoms with Crippen LogP contribution in [0.3, 0.4) is 0 Å². The lowest BCUT2D eigenvalue weighted by atomic mass is 10.0. The molecule has 12 heteroatoms. The van der Waals surface area contributed by atoms with Gasteiger partial charge in [0.15, 0.2) is 0 Å². The highest BCUT2D eigenvalue weighted by Crippen LogP contribution is 2.35. The van der Waals surface area contributed by atoms with Gasteiger partial charge in [-0.2, -0.15) is 0 Å². The van der Waals surface area contributed by atoms with Crippen LogP contribution in [0.4, 0.5) is 5.69 Å². The van der Waals surface area contributed by atoms with Crippen LogP contribution in [0.1, 0.15) is 31.9 Å². The smallest absolute Gasteiger partial charge is 0.264 e. The number of amides is 2. The summed E-state index contributed by atoms with van der Waals surface area (Å²) in [6.45, 7) is 4.78. The van der Waals surface area contributed by atoms with Crippen LogP contribution < -0.4 is 14.4 Å². The van der Waals surface area contributed by atoms with Crippen molar-refractivity contribution in [2.24, 2.45) is 0 Å². The van der Waals surface area contributed by atoms with E-state index in [0.717, 1.165) is 9.87 Å². The third-order valence-electron chi connectivity index (χ3n) is 7.13. The Hall–Kier alpha value is -3.76. The largest absolute Gasteiger partial charge is 0.495 e. The molecule has 2 amide bonds. The molecule has 0 aliphatic rings. The van der Waals surface area contributed by atoms with Crippen LogP contribution in [-0.4, -0.2) is 50.4 Å². The summed E-state index contributed by atoms with van der Waals surface area (Å²) in [5.74, 6) is -0.876. The lowest BCUT2D eigenvalue weighted by molar-refractivity contribution is -0.140. The fourth-order valence-corrected chi connectivity index (χ4v) is 6.86. The number of anilines is 1. The minimum atomic E-state index is -4.34. The summed E-state index contributed by atoms with van der Waals surface area (Å²) in [5.41, 5.74) is 0.831. The molecule has 4 aromatic carbocycles. The third-order valence-corrected chi connectivity index (χ3v) is 9.87. The second kappa shape index (κ2) is 15.4. The molecular formula is C35H36Cl3N3O5S. The number of rotatable bonds is 12. The number of sulfonamides is 1. The first kappa shape index (κ1) is 36.1. The first-order valence-electron chi connectivity index (χ1n) is 14.7. The van der Waals surface area contributed by atoms with Crippen molar-refractivity contribution in [3.63, 3.8) is 0 Å². The molecule has 0 fully saturated rings. The minimum absolute atomic E-state index is 0.0443. The van der Waals surface area contributed by atoms with E-state index in [0.29, 0.717) is 10.6 Å². The molecule has 0 unspecified atom stereocenters. The van der Waals surface area contributed by atoms with Crippen molar-refractivity contribution in [3.8, 4) is 5.75 Å². The molecule has 0 bridgehead atoms. The molecule has 0 aromatic heterocycles. The number of nitrogens with zero attached hydrogens (tertiary/aromatic N) is 2. The van der Waals surface area contributed by atoms with Gasteiger partial charge in [0.1, 0.15) is 18.3 Å². The molecule has 1 N–H and O–H groups in total. The van der Waals surface area contributed by atoms with Crippen LogP contribution in [0.2, 0.25) is 15.1 Å². The van der Waals surface area contributed by atoms with E-state index in [9.17, 15) is 18.0 Å². The predicted molar refractivity (Wildman–Crippen MR) is 188 cm³/mol. The fraction of sp³-hybridized carbons (Fsp3) is 0.257. The standard InChI is InChI=1S/C35H36Cl3N3O5S/c1-35(2,3)39-34(43)31(20-24-11-7-5-8-12-24)40(22-25-15-17-28(37)29(38)19-25)33(42)23-41(30-21-26(36)16-18-32(30)46-4)47(44,45)27-13-9-6-10-14-27/h5-19,21,31H,20,22-23H2,1-4H3,(H,39,43)/t31-/m1/s1. The Balaban J connectivity index is 1.87. The Morgan fingerprint density at radius 3 is 2.06 bits per heavy atom. The zero-order valence-electron chi connectivity index (χ0n) is 26.4. The van der Waals surface area contributed by atoms with Crippen molar-refractivity contribution >= 4 is 62.3 Å². The van der Waals surface area contributed by atoms with E-state index in [1.807, 2.05) is 51.1 Å². The van der Waals surface area contributed by atoms with E-state index in [1.165, 1.54) is 36.3 Å². The summed E-state index contributed by atoms with van der Waals surface area (Å²) >= 11 is 18.9. The molecule has 0 radical (unpaired) electrons. The minimum Gasteiger partial charge on any atom is -0.495 e. The molecule has 0 heterocycles. The molecule has 0 aliphatic carbocycles. The summed E-state index contributed by atoms with van der Waals surface area (Å²) in [4.78, 5) is 30.0. The quantitative estimate of drug-likeness (QED) is 0.165. The Morgan fingerprint density at radius 1 is 0.830 bits per heavy atom. The SMILES string of the molecule is COc1ccc(Cl)cc1N(CC(=O)N(Cc1ccc(Cl)c(Cl)c1)[C@H](Cc1ccccc1)C(=O)NC(C)(C)C)S(=O)(=O)c1ccccc1. The normalized spacial score (nSPS) is 12.2. The Morgan fingerprint density at radius 2 is 1.47 bits per heavy atom. The van der Waals surface area contributed by atoms with E-state index in [2.05, 4.69) is 5.32 Å². The number of benzene rings is 4. The molecule has 0 aliphatic heterocycles. The maximum Gasteiger partial charge on any atom is 0.264 e. The summed E-state index contributed by atoms with van der Waals surface area (Å²) in [6, 6.07) is 25.4. The maximum absolute atomic E-state index is 14.7. The molecule has 0 spiro atoms. The van der Waals surface area contributed by atoms with Crippen LogP contribution >= 0.6 is 34.8 Å². The number of methoxy groups -OCH3 is 1. The average molecular weight is 717 g/mol. The number of hydrogen-bond donors (Lipinski definition) is 1. The van der Waals surface area contributed by atoms with Crippen molar-refractivity contribution in [2.75, 3.05) is 18.0 Å². The van der Waals surface area contributed by atoms with E-state index >= 15 is 0 Å². The van der Waals surface area contributed by atoms with Gasteiger partial charge in [0.05, 0.1) is 27.7 Å². The summed E-state index contributed by atoms with van der Waals surface area (Å²) < 4.78 is 34.9. The van der Waals surface area contributed by atoms with Gasteiger partial charge < -0.3 is 15.0 Å². The first-order valence-corrected chi connectivity index (χ1v) is 17.3. The molecule has 47 heavy (non-hydrogen) atoms. The first-order chi connectivity index (χ1) is 22.2. The van der Waals surface area contributed by atoms with Gasteiger partial charge in [-0.1, -0.05) is 89.4 Å². The van der Waals surface area contributed by atoms with Crippen LogP contribution in [0, 0.1) is 0 Å². The predicted octanol–water partition coefficient (Wildman–Crippen LogP) is 7.41. The van der Waals surface area contributed by atoms with E-state index in [4.69, 9.17) is 39.5 Å². The zero-order chi connectivity index (χ0) is 34.4. The summed E-state index contributed by atoms with van der Waals surface area (Å²) in [5, 5.41) is 3.83. The number of hydrogen-bond acceptors (Lipinski definition) is 5. The van der Waals surface area contributed by atoms with Crippen molar-refractivity contribution in [2.45, 2.75) is 50.2 Å². The van der Waals surface area contributed by atoms with Crippen LogP contribution in [0.5, 0.6) is 5.75 Å². The van der Waals surface area contributed by atoms with Crippen LogP contribution in [0.15, 0.2) is 102 Å². The third kappa shape index (κ3) is 9.41. The average Bonchev–Trinajstić information content (AvgIpc) is 3.03. The van der Waals surface area contributed by atoms with Crippen molar-refractivity contribution in [1.82, 2.24) is 10.2 Å². The lowest BCUT2D eigenvalue weighted by Crippen LogP contribution is -2.56. The van der Waals surface area contributed by atoms with Gasteiger partial charge in [0.2, 0.25) is 11.8 Å². The van der Waals surface area contributed by atoms with Gasteiger partial charge in [-0.25, -0.2) is 8.42 Å². The van der Waals surface area contributed by atoms with Gasteiger partial charge in [-0.05, 0) is 74.4 Å². The number of nitrogens with one attached hydrogen (secondary N) is 1. The van der Waals surface area contributed by atoms with E-state index in [1.54, 1.807) is 42.5 Å². The van der Waals surface area contributed by atoms with Gasteiger partial charge in [-0.15, -0.1) is 0 Å². The van der Waals surface area contributed by atoms with E-state index in [-0.39, 0.29) is 39.3 Å². The Labute approximate surface area is 291 Å². The van der Waals surface area contributed by atoms with Gasteiger partial charge in [-0.3, -0.25) is 13.9 Å². The zero-order valence-corrected chi connectivity index (χ0v) is 29.5. The monoisotopic (exact) mass is 715 g/mol. The highest BCUT2D eigenvalue weighted by Gasteiger charge is 2.36. The van der Waals surface area contributed by atoms with Crippen molar-refractivity contribution in [1.29, 1.82) is 0 Å². The van der Waals surface area contributed by atoms with Gasteiger partial charge in [0, 0.05) is 23.5 Å². The molecule has 0 saturated carbocycles. The van der Waals surface area contributed by atoms with Crippen LogP contribution in [0.25, 0.3) is 0 Å². The second-order valence-corrected chi connectivity index (χ2v) is 15.0. The molecule has 0 saturated heterocycles. The molecule has 248 valence electrons. The van der Waals surface area contributed by atoms with Crippen molar-refractivity contribution < 1.29 is 22.7 Å². The van der Waals surface area contributed by atoms with Gasteiger partial charge >= 0.3 is 0 Å². The molecule has 8 nitrogen and oxygen atoms in total. The number of halogens is 3. The van der Waals surface area contributed by atoms with Gasteiger partial charge in [0.25, 0.3) is 10.0 Å². The Bertz CT molecular complexity index is 1820. The number of carbonyl (C=O) groups is 2. The number of carbonyl (C=O) groups excluding carboxylic acids is 2. The van der Waals surface area contributed by atoms with Crippen LogP contribution in [-0.2, 0) is 32.6 Å². The lowest BCUT2D eigenvalue weighted by Gasteiger charge is -2.35. The summed E-state index contributed by atoms with van der Waals surface area (Å²) in [7, 11) is -2.95. The molecule has 1 atom stereocenters. The molecule has 4 aromatic rings. The molecule has 4 rings (SSSR count). The topological polar surface area (TPSA) is 96.0 Å². The van der Waals surface area contributed by atoms with Crippen molar-refractivity contribution in [3.05, 3.63) is 123 Å². The summed E-state index contributed by atoms with van der Waals surface area (Å²) in [6.07, 6.45) is 0.155. The second-order valence-electron chi connectivity index (χ2n) is 11.9.